The molecule has 2 heterocycles. The highest BCUT2D eigenvalue weighted by molar-refractivity contribution is 5.28. The number of pyridine rings is 1. The van der Waals surface area contributed by atoms with Gasteiger partial charge in [-0.15, -0.1) is 0 Å². The lowest BCUT2D eigenvalue weighted by Gasteiger charge is -2.43. The molecule has 0 atom stereocenters. The topological polar surface area (TPSA) is 39.9 Å². The Labute approximate surface area is 116 Å². The molecular formula is C16H23N3. The van der Waals surface area contributed by atoms with Gasteiger partial charge in [0.1, 0.15) is 5.41 Å². The maximum atomic E-state index is 9.67. The number of piperidine rings is 1. The van der Waals surface area contributed by atoms with Crippen LogP contribution in [0.25, 0.3) is 0 Å². The number of nitriles is 1. The third kappa shape index (κ3) is 2.79. The lowest BCUT2D eigenvalue weighted by Crippen LogP contribution is -2.50. The quantitative estimate of drug-likeness (QED) is 0.776. The van der Waals surface area contributed by atoms with Gasteiger partial charge in [0.05, 0.1) is 11.8 Å². The molecule has 1 saturated heterocycles. The average molecular weight is 257 g/mol. The minimum atomic E-state index is -0.395. The van der Waals surface area contributed by atoms with Crippen LogP contribution in [0.15, 0.2) is 18.2 Å². The van der Waals surface area contributed by atoms with Crippen molar-refractivity contribution in [3.05, 3.63) is 29.6 Å². The van der Waals surface area contributed by atoms with E-state index < -0.39 is 5.41 Å². The fourth-order valence-electron chi connectivity index (χ4n) is 2.79. The van der Waals surface area contributed by atoms with E-state index in [4.69, 9.17) is 0 Å². The van der Waals surface area contributed by atoms with Crippen LogP contribution in [-0.2, 0) is 5.41 Å². The Morgan fingerprint density at radius 3 is 2.37 bits per heavy atom. The Morgan fingerprint density at radius 1 is 1.26 bits per heavy atom. The van der Waals surface area contributed by atoms with E-state index in [1.54, 1.807) is 0 Å². The zero-order valence-electron chi connectivity index (χ0n) is 12.4. The van der Waals surface area contributed by atoms with E-state index in [0.717, 1.165) is 37.3 Å². The molecule has 0 unspecified atom stereocenters. The zero-order chi connectivity index (χ0) is 14.1. The van der Waals surface area contributed by atoms with Gasteiger partial charge in [0.25, 0.3) is 0 Å². The highest BCUT2D eigenvalue weighted by Gasteiger charge is 2.40. The molecule has 19 heavy (non-hydrogen) atoms. The fraction of sp³-hybridized carbons (Fsp3) is 0.625. The fourth-order valence-corrected chi connectivity index (χ4v) is 2.79. The molecule has 0 aliphatic carbocycles. The third-order valence-electron chi connectivity index (χ3n) is 4.16. The molecule has 0 radical (unpaired) electrons. The minimum Gasteiger partial charge on any atom is -0.298 e. The van der Waals surface area contributed by atoms with Crippen LogP contribution in [0, 0.1) is 18.3 Å². The summed E-state index contributed by atoms with van der Waals surface area (Å²) < 4.78 is 0. The first-order chi connectivity index (χ1) is 8.87. The lowest BCUT2D eigenvalue weighted by molar-refractivity contribution is 0.0874. The SMILES string of the molecule is Cc1cccc(C2(C#N)CCN(C(C)(C)C)CC2)n1. The number of hydrogen-bond acceptors (Lipinski definition) is 3. The Morgan fingerprint density at radius 2 is 1.89 bits per heavy atom. The summed E-state index contributed by atoms with van der Waals surface area (Å²) in [7, 11) is 0. The highest BCUT2D eigenvalue weighted by atomic mass is 15.2. The van der Waals surface area contributed by atoms with Gasteiger partial charge in [0.2, 0.25) is 0 Å². The van der Waals surface area contributed by atoms with E-state index in [1.807, 2.05) is 25.1 Å². The molecule has 0 aromatic carbocycles. The molecule has 1 aliphatic rings. The van der Waals surface area contributed by atoms with Crippen LogP contribution < -0.4 is 0 Å². The first-order valence-corrected chi connectivity index (χ1v) is 6.98. The van der Waals surface area contributed by atoms with Crippen molar-refractivity contribution in [2.45, 2.75) is 51.5 Å². The smallest absolute Gasteiger partial charge is 0.102 e. The first kappa shape index (κ1) is 14.0. The van der Waals surface area contributed by atoms with Crippen molar-refractivity contribution in [2.75, 3.05) is 13.1 Å². The van der Waals surface area contributed by atoms with Gasteiger partial charge in [-0.2, -0.15) is 5.26 Å². The van der Waals surface area contributed by atoms with Crippen LogP contribution in [0.2, 0.25) is 0 Å². The van der Waals surface area contributed by atoms with E-state index in [1.165, 1.54) is 0 Å². The minimum absolute atomic E-state index is 0.182. The van der Waals surface area contributed by atoms with E-state index in [2.05, 4.69) is 36.7 Å². The molecular weight excluding hydrogens is 234 g/mol. The van der Waals surface area contributed by atoms with Gasteiger partial charge in [-0.1, -0.05) is 6.07 Å². The van der Waals surface area contributed by atoms with Gasteiger partial charge in [-0.05, 0) is 52.7 Å². The average Bonchev–Trinajstić information content (AvgIpc) is 2.38. The molecule has 0 saturated carbocycles. The standard InChI is InChI=1S/C16H23N3/c1-13-6-5-7-14(18-13)16(12-17)8-10-19(11-9-16)15(2,3)4/h5-7H,8-11H2,1-4H3. The summed E-state index contributed by atoms with van der Waals surface area (Å²) in [5.74, 6) is 0. The Hall–Kier alpha value is -1.40. The summed E-state index contributed by atoms with van der Waals surface area (Å²) in [6.07, 6.45) is 1.74. The van der Waals surface area contributed by atoms with Crippen LogP contribution >= 0.6 is 0 Å². The van der Waals surface area contributed by atoms with Crippen LogP contribution in [-0.4, -0.2) is 28.5 Å². The van der Waals surface area contributed by atoms with E-state index in [-0.39, 0.29) is 5.54 Å². The van der Waals surface area contributed by atoms with Crippen LogP contribution in [0.4, 0.5) is 0 Å². The molecule has 102 valence electrons. The number of likely N-dealkylation sites (tertiary alicyclic amines) is 1. The number of hydrogen-bond donors (Lipinski definition) is 0. The summed E-state index contributed by atoms with van der Waals surface area (Å²) in [4.78, 5) is 7.04. The van der Waals surface area contributed by atoms with Gasteiger partial charge >= 0.3 is 0 Å². The van der Waals surface area contributed by atoms with Crippen molar-refractivity contribution in [3.63, 3.8) is 0 Å². The molecule has 1 aromatic heterocycles. The van der Waals surface area contributed by atoms with E-state index in [0.29, 0.717) is 0 Å². The predicted octanol–water partition coefficient (Wildman–Crippen LogP) is 3.05. The second-order valence-electron chi connectivity index (χ2n) is 6.52. The number of nitrogens with zero attached hydrogens (tertiary/aromatic N) is 3. The highest BCUT2D eigenvalue weighted by Crippen LogP contribution is 2.35. The molecule has 3 nitrogen and oxygen atoms in total. The van der Waals surface area contributed by atoms with Gasteiger partial charge in [-0.25, -0.2) is 0 Å². The Kier molecular flexibility index (Phi) is 3.64. The summed E-state index contributed by atoms with van der Waals surface area (Å²) >= 11 is 0. The first-order valence-electron chi connectivity index (χ1n) is 6.98. The molecule has 2 rings (SSSR count). The van der Waals surface area contributed by atoms with Crippen molar-refractivity contribution in [2.24, 2.45) is 0 Å². The van der Waals surface area contributed by atoms with Crippen molar-refractivity contribution >= 4 is 0 Å². The molecule has 0 amide bonds. The monoisotopic (exact) mass is 257 g/mol. The molecule has 3 heteroatoms. The Bertz CT molecular complexity index is 485. The van der Waals surface area contributed by atoms with Gasteiger partial charge < -0.3 is 0 Å². The molecule has 1 fully saturated rings. The van der Waals surface area contributed by atoms with E-state index >= 15 is 0 Å². The summed E-state index contributed by atoms with van der Waals surface area (Å²) in [6, 6.07) is 8.54. The normalized spacial score (nSPS) is 19.9. The van der Waals surface area contributed by atoms with Crippen molar-refractivity contribution < 1.29 is 0 Å². The molecule has 0 N–H and O–H groups in total. The molecule has 0 bridgehead atoms. The van der Waals surface area contributed by atoms with Crippen molar-refractivity contribution in [1.82, 2.24) is 9.88 Å². The number of aromatic nitrogens is 1. The van der Waals surface area contributed by atoms with Gasteiger partial charge in [-0.3, -0.25) is 9.88 Å². The van der Waals surface area contributed by atoms with Crippen LogP contribution in [0.3, 0.4) is 0 Å². The van der Waals surface area contributed by atoms with Crippen LogP contribution in [0.5, 0.6) is 0 Å². The molecule has 1 aromatic rings. The molecule has 0 spiro atoms. The number of rotatable bonds is 1. The van der Waals surface area contributed by atoms with Gasteiger partial charge in [0.15, 0.2) is 0 Å². The maximum absolute atomic E-state index is 9.67. The third-order valence-corrected chi connectivity index (χ3v) is 4.16. The largest absolute Gasteiger partial charge is 0.298 e. The number of aryl methyl sites for hydroxylation is 1. The van der Waals surface area contributed by atoms with Crippen LogP contribution in [0.1, 0.15) is 45.0 Å². The summed E-state index contributed by atoms with van der Waals surface area (Å²) in [5.41, 5.74) is 1.73. The second kappa shape index (κ2) is 4.94. The summed E-state index contributed by atoms with van der Waals surface area (Å²) in [5, 5.41) is 9.67. The maximum Gasteiger partial charge on any atom is 0.102 e. The Balaban J connectivity index is 2.22. The second-order valence-corrected chi connectivity index (χ2v) is 6.52. The zero-order valence-corrected chi connectivity index (χ0v) is 12.4. The van der Waals surface area contributed by atoms with Crippen molar-refractivity contribution in [1.29, 1.82) is 5.26 Å². The summed E-state index contributed by atoms with van der Waals surface area (Å²) in [6.45, 7) is 10.6. The van der Waals surface area contributed by atoms with Crippen molar-refractivity contribution in [3.8, 4) is 6.07 Å². The predicted molar refractivity (Wildman–Crippen MR) is 76.8 cm³/mol. The van der Waals surface area contributed by atoms with Gasteiger partial charge in [0, 0.05) is 24.3 Å². The van der Waals surface area contributed by atoms with E-state index in [9.17, 15) is 5.26 Å². The lowest BCUT2D eigenvalue weighted by atomic mass is 9.75. The molecule has 1 aliphatic heterocycles.